The molecule has 3 N–H and O–H groups in total. The monoisotopic (exact) mass is 517 g/mol. The van der Waals surface area contributed by atoms with Crippen LogP contribution >= 0.6 is 0 Å². The van der Waals surface area contributed by atoms with Crippen molar-refractivity contribution in [2.45, 2.75) is 103 Å². The molecule has 0 bridgehead atoms. The van der Waals surface area contributed by atoms with Crippen molar-refractivity contribution in [2.24, 2.45) is 28.6 Å². The van der Waals surface area contributed by atoms with Crippen molar-refractivity contribution in [3.05, 3.63) is 11.6 Å². The lowest BCUT2D eigenvalue weighted by atomic mass is 9.47. The molecule has 0 radical (unpaired) electrons. The van der Waals surface area contributed by atoms with E-state index < -0.39 is 29.9 Å². The predicted molar refractivity (Wildman–Crippen MR) is 132 cm³/mol. The van der Waals surface area contributed by atoms with Gasteiger partial charge in [0.1, 0.15) is 12.1 Å². The van der Waals surface area contributed by atoms with Gasteiger partial charge in [-0.2, -0.15) is 0 Å². The van der Waals surface area contributed by atoms with Crippen LogP contribution in [0.25, 0.3) is 0 Å². The summed E-state index contributed by atoms with van der Waals surface area (Å²) >= 11 is 0. The highest BCUT2D eigenvalue weighted by atomic mass is 16.5. The van der Waals surface area contributed by atoms with Gasteiger partial charge in [-0.3, -0.25) is 19.2 Å². The van der Waals surface area contributed by atoms with Gasteiger partial charge in [0.2, 0.25) is 5.91 Å². The molecule has 9 heteroatoms. The molecule has 1 amide bonds. The highest BCUT2D eigenvalue weighted by molar-refractivity contribution is 5.91. The lowest BCUT2D eigenvalue weighted by Crippen LogP contribution is -2.51. The number of hydrogen-bond donors (Lipinski definition) is 3. The second-order valence-corrected chi connectivity index (χ2v) is 12.0. The third kappa shape index (κ3) is 5.46. The molecule has 37 heavy (non-hydrogen) atoms. The molecule has 0 saturated heterocycles. The van der Waals surface area contributed by atoms with E-state index in [-0.39, 0.29) is 48.4 Å². The number of amides is 1. The average Bonchev–Trinajstić information content (AvgIpc) is 3.16. The molecular weight excluding hydrogens is 478 g/mol. The number of aliphatic carboxylic acids is 2. The number of carboxylic acid groups (broad SMARTS) is 2. The van der Waals surface area contributed by atoms with Gasteiger partial charge in [0, 0.05) is 24.7 Å². The van der Waals surface area contributed by atoms with Gasteiger partial charge in [-0.1, -0.05) is 19.4 Å². The molecular formula is C28H39NO8. The van der Waals surface area contributed by atoms with Gasteiger partial charge in [0.15, 0.2) is 5.78 Å². The van der Waals surface area contributed by atoms with Crippen molar-refractivity contribution in [3.8, 4) is 0 Å². The van der Waals surface area contributed by atoms with Gasteiger partial charge in [0.05, 0.1) is 6.42 Å². The van der Waals surface area contributed by atoms with Crippen LogP contribution in [0.1, 0.15) is 90.9 Å². The second kappa shape index (κ2) is 10.6. The topological polar surface area (TPSA) is 147 Å². The number of carbonyl (C=O) groups excluding carboxylic acids is 3. The number of hydrogen-bond acceptors (Lipinski definition) is 6. The van der Waals surface area contributed by atoms with E-state index in [4.69, 9.17) is 9.84 Å². The fourth-order valence-corrected chi connectivity index (χ4v) is 7.93. The molecule has 9 nitrogen and oxygen atoms in total. The summed E-state index contributed by atoms with van der Waals surface area (Å²) in [4.78, 5) is 58.9. The summed E-state index contributed by atoms with van der Waals surface area (Å²) in [6.07, 6.45) is 8.20. The van der Waals surface area contributed by atoms with E-state index in [1.165, 1.54) is 5.57 Å². The summed E-state index contributed by atoms with van der Waals surface area (Å²) in [6, 6.07) is -1.31. The molecule has 0 spiro atoms. The van der Waals surface area contributed by atoms with Gasteiger partial charge in [-0.25, -0.2) is 4.79 Å². The van der Waals surface area contributed by atoms with Crippen LogP contribution in [-0.2, 0) is 28.7 Å². The molecule has 0 aliphatic heterocycles. The lowest BCUT2D eigenvalue weighted by molar-refractivity contribution is -0.160. The van der Waals surface area contributed by atoms with E-state index in [0.717, 1.165) is 44.9 Å². The highest BCUT2D eigenvalue weighted by Crippen LogP contribution is 2.65. The Labute approximate surface area is 217 Å². The number of rotatable bonds is 9. The summed E-state index contributed by atoms with van der Waals surface area (Å²) < 4.78 is 5.92. The summed E-state index contributed by atoms with van der Waals surface area (Å²) in [5.41, 5.74) is 1.33. The molecule has 4 aliphatic rings. The number of fused-ring (bicyclic) bond motifs is 5. The summed E-state index contributed by atoms with van der Waals surface area (Å²) in [5.74, 6) is -1.70. The van der Waals surface area contributed by atoms with Gasteiger partial charge in [-0.15, -0.1) is 0 Å². The third-order valence-electron chi connectivity index (χ3n) is 9.99. The van der Waals surface area contributed by atoms with Gasteiger partial charge in [-0.05, 0) is 80.6 Å². The van der Waals surface area contributed by atoms with Crippen LogP contribution < -0.4 is 5.32 Å². The van der Waals surface area contributed by atoms with Crippen molar-refractivity contribution in [1.82, 2.24) is 5.32 Å². The lowest BCUT2D eigenvalue weighted by Gasteiger charge is -2.57. The third-order valence-corrected chi connectivity index (χ3v) is 9.99. The molecule has 0 aromatic rings. The van der Waals surface area contributed by atoms with Gasteiger partial charge >= 0.3 is 17.9 Å². The van der Waals surface area contributed by atoms with E-state index in [0.29, 0.717) is 24.2 Å². The molecule has 4 aliphatic carbocycles. The summed E-state index contributed by atoms with van der Waals surface area (Å²) in [6.45, 7) is 4.59. The largest absolute Gasteiger partial charge is 0.481 e. The van der Waals surface area contributed by atoms with Crippen molar-refractivity contribution >= 4 is 29.6 Å². The molecule has 7 atom stereocenters. The zero-order valence-corrected chi connectivity index (χ0v) is 21.8. The number of allylic oxidation sites excluding steroid dienone is 1. The summed E-state index contributed by atoms with van der Waals surface area (Å²) in [5, 5.41) is 20.2. The number of ketones is 1. The first kappa shape index (κ1) is 27.3. The minimum Gasteiger partial charge on any atom is -0.481 e. The maximum absolute atomic E-state index is 12.7. The average molecular weight is 518 g/mol. The highest BCUT2D eigenvalue weighted by Gasteiger charge is 2.59. The maximum atomic E-state index is 12.7. The van der Waals surface area contributed by atoms with E-state index >= 15 is 0 Å². The molecule has 0 unspecified atom stereocenters. The van der Waals surface area contributed by atoms with Crippen LogP contribution in [0.3, 0.4) is 0 Å². The Morgan fingerprint density at radius 3 is 2.46 bits per heavy atom. The SMILES string of the molecule is C[C@]12CC[C@@H]3[C@H](CCC4=CC(=O)CC[C@@]43C)[C@@H]1CC[C@H]2OC(=O)CCC(=O)N[C@@H](CCC(=O)O)C(=O)O. The Hall–Kier alpha value is -2.71. The maximum Gasteiger partial charge on any atom is 0.326 e. The molecule has 3 saturated carbocycles. The summed E-state index contributed by atoms with van der Waals surface area (Å²) in [7, 11) is 0. The molecule has 0 aromatic heterocycles. The van der Waals surface area contributed by atoms with Crippen molar-refractivity contribution in [1.29, 1.82) is 0 Å². The Balaban J connectivity index is 1.31. The van der Waals surface area contributed by atoms with Crippen LogP contribution in [0.4, 0.5) is 0 Å². The fourth-order valence-electron chi connectivity index (χ4n) is 7.93. The predicted octanol–water partition coefficient (Wildman–Crippen LogP) is 3.64. The fraction of sp³-hybridized carbons (Fsp3) is 0.750. The van der Waals surface area contributed by atoms with Crippen LogP contribution in [0.5, 0.6) is 0 Å². The van der Waals surface area contributed by atoms with Crippen LogP contribution in [0.2, 0.25) is 0 Å². The Morgan fingerprint density at radius 1 is 1.00 bits per heavy atom. The van der Waals surface area contributed by atoms with E-state index in [1.54, 1.807) is 0 Å². The van der Waals surface area contributed by atoms with Crippen molar-refractivity contribution < 1.29 is 38.9 Å². The minimum atomic E-state index is -1.31. The van der Waals surface area contributed by atoms with Crippen LogP contribution in [0, 0.1) is 28.6 Å². The standard InChI is InChI=1S/C28H39NO8/c1-27-13-11-17(30)15-16(27)3-4-18-19-5-7-22(28(19,2)14-12-20(18)27)37-25(34)10-8-23(31)29-21(26(35)36)6-9-24(32)33/h15,18-22H,3-14H2,1-2H3,(H,29,31)(H,32,33)(H,35,36)/t18-,19+,20-,21+,22-,27+,28+/m1/s1. The van der Waals surface area contributed by atoms with Crippen LogP contribution in [0.15, 0.2) is 11.6 Å². The Kier molecular flexibility index (Phi) is 7.81. The number of nitrogens with one attached hydrogen (secondary N) is 1. The zero-order valence-electron chi connectivity index (χ0n) is 21.8. The number of carboxylic acids is 2. The second-order valence-electron chi connectivity index (χ2n) is 12.0. The van der Waals surface area contributed by atoms with Gasteiger partial charge in [0.25, 0.3) is 0 Å². The normalized spacial score (nSPS) is 35.3. The smallest absolute Gasteiger partial charge is 0.326 e. The number of carbonyl (C=O) groups is 5. The Bertz CT molecular complexity index is 1000. The zero-order chi connectivity index (χ0) is 27.0. The first-order chi connectivity index (χ1) is 17.4. The van der Waals surface area contributed by atoms with E-state index in [2.05, 4.69) is 19.2 Å². The molecule has 3 fully saturated rings. The first-order valence-corrected chi connectivity index (χ1v) is 13.6. The van der Waals surface area contributed by atoms with Gasteiger partial charge < -0.3 is 20.3 Å². The van der Waals surface area contributed by atoms with Crippen molar-refractivity contribution in [2.75, 3.05) is 0 Å². The number of esters is 1. The number of ether oxygens (including phenoxy) is 1. The van der Waals surface area contributed by atoms with E-state index in [1.807, 2.05) is 6.08 Å². The molecule has 4 rings (SSSR count). The molecule has 204 valence electrons. The Morgan fingerprint density at radius 2 is 1.76 bits per heavy atom. The quantitative estimate of drug-likeness (QED) is 0.393. The first-order valence-electron chi connectivity index (χ1n) is 13.6. The molecule has 0 aromatic carbocycles. The molecule has 0 heterocycles. The van der Waals surface area contributed by atoms with E-state index in [9.17, 15) is 29.1 Å². The van der Waals surface area contributed by atoms with Crippen molar-refractivity contribution in [3.63, 3.8) is 0 Å². The van der Waals surface area contributed by atoms with Crippen LogP contribution in [-0.4, -0.2) is 52.0 Å². The minimum absolute atomic E-state index is 0.0958.